The number of furan rings is 1. The summed E-state index contributed by atoms with van der Waals surface area (Å²) >= 11 is 0. The predicted molar refractivity (Wildman–Crippen MR) is 155 cm³/mol. The fraction of sp³-hybridized carbons (Fsp3) is 0.515. The summed E-state index contributed by atoms with van der Waals surface area (Å²) in [5.74, 6) is 1.31. The smallest absolute Gasteiger partial charge is 0.303 e. The van der Waals surface area contributed by atoms with E-state index >= 15 is 0 Å². The third kappa shape index (κ3) is 4.13. The number of benzene rings is 1. The molecule has 41 heavy (non-hydrogen) atoms. The van der Waals surface area contributed by atoms with Crippen LogP contribution in [0.4, 0.5) is 0 Å². The van der Waals surface area contributed by atoms with Gasteiger partial charge in [0.1, 0.15) is 11.7 Å². The van der Waals surface area contributed by atoms with Gasteiger partial charge in [-0.2, -0.15) is 0 Å². The summed E-state index contributed by atoms with van der Waals surface area (Å²) in [4.78, 5) is 31.2. The molecule has 0 unspecified atom stereocenters. The Morgan fingerprint density at radius 1 is 1.27 bits per heavy atom. The van der Waals surface area contributed by atoms with Gasteiger partial charge >= 0.3 is 5.97 Å². The Labute approximate surface area is 241 Å². The number of hydrogen-bond acceptors (Lipinski definition) is 7. The van der Waals surface area contributed by atoms with Crippen molar-refractivity contribution in [2.45, 2.75) is 75.7 Å². The lowest BCUT2D eigenvalue weighted by atomic mass is 9.48. The fourth-order valence-corrected chi connectivity index (χ4v) is 8.31. The number of esters is 1. The maximum atomic E-state index is 13.9. The number of carbonyl (C=O) groups is 2. The van der Waals surface area contributed by atoms with Crippen molar-refractivity contribution in [2.75, 3.05) is 26.7 Å². The number of rotatable bonds is 9. The van der Waals surface area contributed by atoms with E-state index in [1.165, 1.54) is 12.5 Å². The van der Waals surface area contributed by atoms with E-state index in [-0.39, 0.29) is 36.0 Å². The van der Waals surface area contributed by atoms with Crippen LogP contribution >= 0.6 is 0 Å². The minimum Gasteiger partial charge on any atom is -0.493 e. The molecule has 1 saturated heterocycles. The summed E-state index contributed by atoms with van der Waals surface area (Å²) in [5, 5.41) is 0. The molecule has 2 aliphatic heterocycles. The first-order valence-corrected chi connectivity index (χ1v) is 14.7. The van der Waals surface area contributed by atoms with Gasteiger partial charge in [0.2, 0.25) is 5.91 Å². The van der Waals surface area contributed by atoms with E-state index in [0.717, 1.165) is 36.3 Å². The third-order valence-electron chi connectivity index (χ3n) is 9.60. The zero-order chi connectivity index (χ0) is 28.9. The van der Waals surface area contributed by atoms with Gasteiger partial charge in [0, 0.05) is 43.8 Å². The van der Waals surface area contributed by atoms with Crippen LogP contribution in [-0.4, -0.2) is 72.2 Å². The molecule has 4 aliphatic rings. The average Bonchev–Trinajstić information content (AvgIpc) is 3.58. The number of piperidine rings is 1. The monoisotopic (exact) mass is 560 g/mol. The second-order valence-electron chi connectivity index (χ2n) is 12.3. The number of carbonyl (C=O) groups excluding carboxylic acids is 2. The Kier molecular flexibility index (Phi) is 7.00. The van der Waals surface area contributed by atoms with Crippen LogP contribution in [0.25, 0.3) is 6.08 Å². The van der Waals surface area contributed by atoms with E-state index in [4.69, 9.17) is 18.6 Å². The van der Waals surface area contributed by atoms with Gasteiger partial charge in [-0.15, -0.1) is 6.58 Å². The summed E-state index contributed by atoms with van der Waals surface area (Å²) in [7, 11) is 1.66. The summed E-state index contributed by atoms with van der Waals surface area (Å²) in [5.41, 5.74) is 1.75. The van der Waals surface area contributed by atoms with E-state index in [1.807, 2.05) is 23.1 Å². The molecule has 5 atom stereocenters. The van der Waals surface area contributed by atoms with E-state index in [0.29, 0.717) is 31.7 Å². The number of likely N-dealkylation sites (tertiary alicyclic amines) is 1. The van der Waals surface area contributed by atoms with Crippen molar-refractivity contribution in [1.82, 2.24) is 9.80 Å². The summed E-state index contributed by atoms with van der Waals surface area (Å²) in [6.07, 6.45) is 11.0. The van der Waals surface area contributed by atoms with E-state index < -0.39 is 11.0 Å². The van der Waals surface area contributed by atoms with Gasteiger partial charge in [0.25, 0.3) is 0 Å². The Morgan fingerprint density at radius 3 is 2.78 bits per heavy atom. The van der Waals surface area contributed by atoms with Gasteiger partial charge in [0.15, 0.2) is 11.5 Å². The van der Waals surface area contributed by atoms with Crippen LogP contribution in [-0.2, 0) is 26.2 Å². The minimum atomic E-state index is -0.787. The Bertz CT molecular complexity index is 1370. The maximum Gasteiger partial charge on any atom is 0.303 e. The van der Waals surface area contributed by atoms with Crippen molar-refractivity contribution < 1.29 is 28.2 Å². The van der Waals surface area contributed by atoms with Gasteiger partial charge < -0.3 is 23.5 Å². The summed E-state index contributed by atoms with van der Waals surface area (Å²) in [6, 6.07) is 5.72. The van der Waals surface area contributed by atoms with E-state index in [2.05, 4.69) is 31.4 Å². The molecule has 0 radical (unpaired) electrons. The van der Waals surface area contributed by atoms with E-state index in [9.17, 15) is 9.59 Å². The molecule has 2 bridgehead atoms. The van der Waals surface area contributed by atoms with Crippen molar-refractivity contribution in [3.05, 3.63) is 66.1 Å². The molecule has 8 heteroatoms. The number of hydrogen-bond donors (Lipinski definition) is 0. The van der Waals surface area contributed by atoms with Gasteiger partial charge in [-0.1, -0.05) is 26.0 Å². The first-order chi connectivity index (χ1) is 19.8. The molecule has 2 fully saturated rings. The van der Waals surface area contributed by atoms with Crippen molar-refractivity contribution in [1.29, 1.82) is 0 Å². The second-order valence-corrected chi connectivity index (χ2v) is 12.3. The van der Waals surface area contributed by atoms with Crippen LogP contribution in [0, 0.1) is 5.92 Å². The lowest BCUT2D eigenvalue weighted by Gasteiger charge is -2.65. The maximum absolute atomic E-state index is 13.9. The van der Waals surface area contributed by atoms with Crippen LogP contribution in [0.15, 0.2) is 53.9 Å². The van der Waals surface area contributed by atoms with Gasteiger partial charge in [-0.05, 0) is 55.4 Å². The summed E-state index contributed by atoms with van der Waals surface area (Å²) < 4.78 is 24.5. The molecule has 1 spiro atoms. The van der Waals surface area contributed by atoms with Crippen molar-refractivity contribution in [3.8, 4) is 11.5 Å². The molecule has 8 nitrogen and oxygen atoms in total. The number of nitrogens with zero attached hydrogens (tertiary/aromatic N) is 2. The molecular weight excluding hydrogens is 520 g/mol. The number of ether oxygens (including phenoxy) is 3. The molecule has 1 saturated carbocycles. The van der Waals surface area contributed by atoms with Crippen LogP contribution in [0.2, 0.25) is 0 Å². The molecule has 1 aromatic carbocycles. The first kappa shape index (κ1) is 27.6. The molecule has 1 aromatic heterocycles. The zero-order valence-electron chi connectivity index (χ0n) is 24.4. The highest BCUT2D eigenvalue weighted by Crippen LogP contribution is 2.67. The molecule has 218 valence electrons. The standard InChI is InChI=1S/C33H40N2O6/c1-6-15-34-16-14-32-29-24-8-9-26(38-5)30(29)40-31(32)25(11-13-33(32,27(34)18-24)41-22(4)36)35(19-21(2)3)28(37)10-7-23-12-17-39-20-23/h6-10,12,17,20-21,25,27,31H,1,11,13-16,18-19H2,2-5H3/b10-7+/t25-,27+,31-,32-,33+/m0/s1. The minimum absolute atomic E-state index is 0.0210. The molecule has 2 aliphatic carbocycles. The number of methoxy groups -OCH3 is 1. The molecule has 3 heterocycles. The van der Waals surface area contributed by atoms with Crippen LogP contribution in [0.3, 0.4) is 0 Å². The van der Waals surface area contributed by atoms with Crippen molar-refractivity contribution in [2.24, 2.45) is 5.92 Å². The first-order valence-electron chi connectivity index (χ1n) is 14.7. The van der Waals surface area contributed by atoms with Gasteiger partial charge in [0.05, 0.1) is 37.1 Å². The SMILES string of the molecule is C=CCN1CC[C@]23c4c5ccc(OC)c4O[C@H]2[C@@H](N(CC(C)C)C(=O)/C=C/c2ccoc2)CC[C@@]3(OC(C)=O)[C@H]1C5. The Balaban J connectivity index is 1.50. The topological polar surface area (TPSA) is 81.5 Å². The van der Waals surface area contributed by atoms with Crippen LogP contribution in [0.5, 0.6) is 11.5 Å². The number of amides is 1. The largest absolute Gasteiger partial charge is 0.493 e. The Morgan fingerprint density at radius 2 is 2.10 bits per heavy atom. The molecule has 6 rings (SSSR count). The van der Waals surface area contributed by atoms with Crippen molar-refractivity contribution >= 4 is 18.0 Å². The third-order valence-corrected chi connectivity index (χ3v) is 9.60. The highest BCUT2D eigenvalue weighted by molar-refractivity contribution is 5.92. The lowest BCUT2D eigenvalue weighted by Crippen LogP contribution is -2.79. The van der Waals surface area contributed by atoms with Crippen molar-refractivity contribution in [3.63, 3.8) is 0 Å². The van der Waals surface area contributed by atoms with Crippen LogP contribution < -0.4 is 9.47 Å². The van der Waals surface area contributed by atoms with Gasteiger partial charge in [-0.3, -0.25) is 14.5 Å². The van der Waals surface area contributed by atoms with Gasteiger partial charge in [-0.25, -0.2) is 0 Å². The quantitative estimate of drug-likeness (QED) is 0.248. The Hall–Kier alpha value is -3.52. The lowest BCUT2D eigenvalue weighted by molar-refractivity contribution is -0.223. The second kappa shape index (κ2) is 10.4. The highest BCUT2D eigenvalue weighted by atomic mass is 16.6. The molecule has 1 amide bonds. The predicted octanol–water partition coefficient (Wildman–Crippen LogP) is 4.77. The average molecular weight is 561 g/mol. The van der Waals surface area contributed by atoms with Crippen LogP contribution in [0.1, 0.15) is 56.7 Å². The highest BCUT2D eigenvalue weighted by Gasteiger charge is 2.75. The summed E-state index contributed by atoms with van der Waals surface area (Å²) in [6.45, 7) is 11.9. The molecular formula is C33H40N2O6. The van der Waals surface area contributed by atoms with E-state index in [1.54, 1.807) is 31.8 Å². The fourth-order valence-electron chi connectivity index (χ4n) is 8.31. The molecule has 2 aromatic rings. The zero-order valence-corrected chi connectivity index (χ0v) is 24.4. The normalized spacial score (nSPS) is 29.6. The molecule has 0 N–H and O–H groups in total.